The minimum Gasteiger partial charge on any atom is -0.411 e. The highest BCUT2D eigenvalue weighted by atomic mass is 35.5. The van der Waals surface area contributed by atoms with Gasteiger partial charge in [0.1, 0.15) is 11.1 Å². The molecule has 3 rings (SSSR count). The van der Waals surface area contributed by atoms with Crippen LogP contribution < -0.4 is 5.32 Å². The minimum atomic E-state index is -1.21. The quantitative estimate of drug-likeness (QED) is 0.493. The average Bonchev–Trinajstić information content (AvgIpc) is 2.77. The molecule has 2 bridgehead atoms. The van der Waals surface area contributed by atoms with E-state index in [1.807, 2.05) is 20.8 Å². The van der Waals surface area contributed by atoms with Crippen LogP contribution in [0.2, 0.25) is 5.02 Å². The normalized spacial score (nSPS) is 33.2. The zero-order chi connectivity index (χ0) is 17.0. The van der Waals surface area contributed by atoms with Gasteiger partial charge in [-0.3, -0.25) is 9.59 Å². The first kappa shape index (κ1) is 16.0. The van der Waals surface area contributed by atoms with Gasteiger partial charge in [0.05, 0.1) is 0 Å². The number of amides is 1. The summed E-state index contributed by atoms with van der Waals surface area (Å²) in [4.78, 5) is 25.9. The molecule has 0 radical (unpaired) electrons. The van der Waals surface area contributed by atoms with Crippen molar-refractivity contribution < 1.29 is 14.8 Å². The van der Waals surface area contributed by atoms with Crippen molar-refractivity contribution in [1.82, 2.24) is 0 Å². The van der Waals surface area contributed by atoms with Crippen LogP contribution in [0.1, 0.15) is 33.6 Å². The first-order valence-corrected chi connectivity index (χ1v) is 7.93. The molecule has 0 saturated heterocycles. The molecular formula is C17H19ClN2O3. The summed E-state index contributed by atoms with van der Waals surface area (Å²) in [6.07, 6.45) is 1.09. The van der Waals surface area contributed by atoms with Crippen molar-refractivity contribution >= 4 is 34.7 Å². The van der Waals surface area contributed by atoms with Crippen molar-refractivity contribution in [2.75, 3.05) is 5.32 Å². The molecule has 2 N–H and O–H groups in total. The van der Waals surface area contributed by atoms with E-state index in [4.69, 9.17) is 11.6 Å². The molecule has 1 aromatic rings. The lowest BCUT2D eigenvalue weighted by molar-refractivity contribution is -0.140. The van der Waals surface area contributed by atoms with Crippen LogP contribution in [0.5, 0.6) is 0 Å². The number of carbonyl (C=O) groups excluding carboxylic acids is 2. The smallest absolute Gasteiger partial charge is 0.239 e. The van der Waals surface area contributed by atoms with E-state index >= 15 is 0 Å². The van der Waals surface area contributed by atoms with Crippen molar-refractivity contribution in [2.45, 2.75) is 33.6 Å². The topological polar surface area (TPSA) is 78.8 Å². The third-order valence-corrected chi connectivity index (χ3v) is 6.41. The highest BCUT2D eigenvalue weighted by Crippen LogP contribution is 2.69. The summed E-state index contributed by atoms with van der Waals surface area (Å²) in [7, 11) is 0. The number of anilines is 1. The standard InChI is InChI=1S/C17H19ClN2O3/c1-15(2)16(3)8-9-17(15,13(21)12(16)20-23)14(22)19-11-6-4-10(18)5-7-11/h4-7,23H,8-9H2,1-3H3,(H,19,22)/b20-12+. The second-order valence-corrected chi connectivity index (χ2v) is 7.54. The Balaban J connectivity index is 2.02. The van der Waals surface area contributed by atoms with Crippen LogP contribution in [-0.4, -0.2) is 22.6 Å². The molecule has 0 spiro atoms. The Labute approximate surface area is 139 Å². The number of benzene rings is 1. The number of nitrogens with one attached hydrogen (secondary N) is 1. The number of halogens is 1. The number of carbonyl (C=O) groups is 2. The summed E-state index contributed by atoms with van der Waals surface area (Å²) in [5.41, 5.74) is -1.74. The van der Waals surface area contributed by atoms with Gasteiger partial charge in [-0.05, 0) is 42.5 Å². The summed E-state index contributed by atoms with van der Waals surface area (Å²) in [6, 6.07) is 6.74. The number of hydrogen-bond acceptors (Lipinski definition) is 4. The predicted molar refractivity (Wildman–Crippen MR) is 87.9 cm³/mol. The monoisotopic (exact) mass is 334 g/mol. The summed E-state index contributed by atoms with van der Waals surface area (Å²) >= 11 is 5.85. The largest absolute Gasteiger partial charge is 0.411 e. The van der Waals surface area contributed by atoms with Crippen LogP contribution in [0.4, 0.5) is 5.69 Å². The fraction of sp³-hybridized carbons (Fsp3) is 0.471. The van der Waals surface area contributed by atoms with Crippen molar-refractivity contribution in [3.63, 3.8) is 0 Å². The predicted octanol–water partition coefficient (Wildman–Crippen LogP) is 3.50. The number of rotatable bonds is 2. The minimum absolute atomic E-state index is 0.111. The van der Waals surface area contributed by atoms with Gasteiger partial charge in [-0.15, -0.1) is 0 Å². The molecule has 122 valence electrons. The number of hydrogen-bond donors (Lipinski definition) is 2. The zero-order valence-electron chi connectivity index (χ0n) is 13.3. The molecule has 0 aliphatic heterocycles. The van der Waals surface area contributed by atoms with Crippen molar-refractivity contribution in [1.29, 1.82) is 0 Å². The van der Waals surface area contributed by atoms with Gasteiger partial charge in [0, 0.05) is 16.1 Å². The lowest BCUT2D eigenvalue weighted by atomic mass is 9.64. The van der Waals surface area contributed by atoms with Crippen LogP contribution in [0.25, 0.3) is 0 Å². The third kappa shape index (κ3) is 1.77. The second kappa shape index (κ2) is 4.81. The van der Waals surface area contributed by atoms with Crippen molar-refractivity contribution in [2.24, 2.45) is 21.4 Å². The van der Waals surface area contributed by atoms with Crippen LogP contribution in [0.15, 0.2) is 29.4 Å². The zero-order valence-corrected chi connectivity index (χ0v) is 14.1. The molecule has 6 heteroatoms. The van der Waals surface area contributed by atoms with Gasteiger partial charge < -0.3 is 10.5 Å². The Kier molecular flexibility index (Phi) is 3.34. The maximum Gasteiger partial charge on any atom is 0.239 e. The van der Waals surface area contributed by atoms with Gasteiger partial charge in [0.15, 0.2) is 5.78 Å². The molecule has 2 aliphatic rings. The number of oxime groups is 1. The molecule has 2 aliphatic carbocycles. The lowest BCUT2D eigenvalue weighted by Crippen LogP contribution is -2.47. The molecule has 2 atom stereocenters. The Bertz CT molecular complexity index is 726. The first-order chi connectivity index (χ1) is 10.7. The summed E-state index contributed by atoms with van der Waals surface area (Å²) in [6.45, 7) is 5.69. The summed E-state index contributed by atoms with van der Waals surface area (Å²) < 4.78 is 0. The molecular weight excluding hydrogens is 316 g/mol. The lowest BCUT2D eigenvalue weighted by Gasteiger charge is -2.37. The van der Waals surface area contributed by atoms with Crippen LogP contribution >= 0.6 is 11.6 Å². The van der Waals surface area contributed by atoms with Gasteiger partial charge in [0.25, 0.3) is 0 Å². The van der Waals surface area contributed by atoms with Gasteiger partial charge in [-0.2, -0.15) is 0 Å². The van der Waals surface area contributed by atoms with Gasteiger partial charge in [0.2, 0.25) is 5.91 Å². The maximum atomic E-state index is 13.0. The Morgan fingerprint density at radius 1 is 1.22 bits per heavy atom. The highest BCUT2D eigenvalue weighted by molar-refractivity contribution is 6.51. The van der Waals surface area contributed by atoms with Crippen molar-refractivity contribution in [3.8, 4) is 0 Å². The van der Waals surface area contributed by atoms with E-state index in [9.17, 15) is 14.8 Å². The van der Waals surface area contributed by atoms with Crippen LogP contribution in [-0.2, 0) is 9.59 Å². The van der Waals surface area contributed by atoms with Gasteiger partial charge in [-0.1, -0.05) is 37.5 Å². The number of Topliss-reactive ketones (excluding diaryl/α,β-unsaturated/α-hetero) is 1. The van der Waals surface area contributed by atoms with E-state index in [0.29, 0.717) is 23.6 Å². The van der Waals surface area contributed by atoms with Crippen LogP contribution in [0.3, 0.4) is 0 Å². The fourth-order valence-electron chi connectivity index (χ4n) is 4.23. The van der Waals surface area contributed by atoms with E-state index < -0.39 is 16.2 Å². The fourth-order valence-corrected chi connectivity index (χ4v) is 4.35. The Morgan fingerprint density at radius 3 is 2.35 bits per heavy atom. The highest BCUT2D eigenvalue weighted by Gasteiger charge is 2.76. The van der Waals surface area contributed by atoms with E-state index in [-0.39, 0.29) is 17.4 Å². The summed E-state index contributed by atoms with van der Waals surface area (Å²) in [5, 5.41) is 15.9. The molecule has 0 heterocycles. The SMILES string of the molecule is CC12CCC(C(=O)Nc3ccc(Cl)cc3)(C(=O)/C1=N\O)C2(C)C. The van der Waals surface area contributed by atoms with Gasteiger partial charge >= 0.3 is 0 Å². The Morgan fingerprint density at radius 2 is 1.83 bits per heavy atom. The maximum absolute atomic E-state index is 13.0. The molecule has 5 nitrogen and oxygen atoms in total. The first-order valence-electron chi connectivity index (χ1n) is 7.55. The molecule has 23 heavy (non-hydrogen) atoms. The summed E-state index contributed by atoms with van der Waals surface area (Å²) in [5.74, 6) is -0.720. The molecule has 1 amide bonds. The van der Waals surface area contributed by atoms with Crippen molar-refractivity contribution in [3.05, 3.63) is 29.3 Å². The number of ketones is 1. The molecule has 2 fully saturated rings. The molecule has 0 aromatic heterocycles. The van der Waals surface area contributed by atoms with Crippen LogP contribution in [0, 0.1) is 16.2 Å². The Hall–Kier alpha value is -1.88. The third-order valence-electron chi connectivity index (χ3n) is 6.16. The number of fused-ring (bicyclic) bond motifs is 2. The number of nitrogens with zero attached hydrogens (tertiary/aromatic N) is 1. The molecule has 2 unspecified atom stereocenters. The average molecular weight is 335 g/mol. The van der Waals surface area contributed by atoms with E-state index in [2.05, 4.69) is 10.5 Å². The van der Waals surface area contributed by atoms with E-state index in [1.165, 1.54) is 0 Å². The van der Waals surface area contributed by atoms with E-state index in [1.54, 1.807) is 24.3 Å². The van der Waals surface area contributed by atoms with Gasteiger partial charge in [-0.25, -0.2) is 0 Å². The van der Waals surface area contributed by atoms with E-state index in [0.717, 1.165) is 0 Å². The molecule has 1 aromatic carbocycles. The second-order valence-electron chi connectivity index (χ2n) is 7.10. The molecule has 2 saturated carbocycles.